The van der Waals surface area contributed by atoms with E-state index in [9.17, 15) is 19.1 Å². The Balaban J connectivity index is 1.62. The smallest absolute Gasteiger partial charge is 0.480 e. The Bertz CT molecular complexity index is 927. The van der Waals surface area contributed by atoms with Crippen LogP contribution in [0.4, 0.5) is 4.39 Å². The van der Waals surface area contributed by atoms with Gasteiger partial charge in [-0.3, -0.25) is 4.79 Å². The molecular formula is C23H27BFNO5. The van der Waals surface area contributed by atoms with Gasteiger partial charge in [-0.15, -0.1) is 0 Å². The number of amides is 1. The molecule has 0 aromatic heterocycles. The van der Waals surface area contributed by atoms with E-state index in [4.69, 9.17) is 9.31 Å². The van der Waals surface area contributed by atoms with Crippen molar-refractivity contribution in [3.63, 3.8) is 0 Å². The summed E-state index contributed by atoms with van der Waals surface area (Å²) in [5, 5.41) is 12.1. The molecule has 1 amide bonds. The van der Waals surface area contributed by atoms with Crippen molar-refractivity contribution >= 4 is 24.5 Å². The molecule has 0 aliphatic carbocycles. The monoisotopic (exact) mass is 427 g/mol. The van der Waals surface area contributed by atoms with Crippen LogP contribution in [0.5, 0.6) is 0 Å². The number of nitrogens with one attached hydrogen (secondary N) is 1. The van der Waals surface area contributed by atoms with E-state index in [0.717, 1.165) is 11.0 Å². The third-order valence-corrected chi connectivity index (χ3v) is 5.86. The molecule has 1 aliphatic rings. The molecule has 3 rings (SSSR count). The quantitative estimate of drug-likeness (QED) is 0.664. The molecule has 0 saturated carbocycles. The van der Waals surface area contributed by atoms with E-state index in [0.29, 0.717) is 5.56 Å². The molecule has 2 aromatic carbocycles. The van der Waals surface area contributed by atoms with Crippen LogP contribution in [-0.2, 0) is 31.7 Å². The number of carbonyl (C=O) groups excluding carboxylic acids is 1. The van der Waals surface area contributed by atoms with Crippen LogP contribution in [0, 0.1) is 5.82 Å². The van der Waals surface area contributed by atoms with Gasteiger partial charge in [-0.1, -0.05) is 36.4 Å². The fourth-order valence-corrected chi connectivity index (χ4v) is 3.26. The van der Waals surface area contributed by atoms with Gasteiger partial charge in [-0.05, 0) is 56.4 Å². The van der Waals surface area contributed by atoms with Crippen LogP contribution in [0.15, 0.2) is 48.5 Å². The highest BCUT2D eigenvalue weighted by Gasteiger charge is 2.51. The van der Waals surface area contributed by atoms with Crippen molar-refractivity contribution in [1.82, 2.24) is 5.32 Å². The molecule has 0 radical (unpaired) electrons. The first kappa shape index (κ1) is 23.0. The van der Waals surface area contributed by atoms with Gasteiger partial charge in [0.25, 0.3) is 0 Å². The molecular weight excluding hydrogens is 400 g/mol. The van der Waals surface area contributed by atoms with Crippen LogP contribution in [0.3, 0.4) is 0 Å². The average molecular weight is 427 g/mol. The van der Waals surface area contributed by atoms with Crippen LogP contribution < -0.4 is 10.8 Å². The van der Waals surface area contributed by atoms with Gasteiger partial charge >= 0.3 is 13.1 Å². The van der Waals surface area contributed by atoms with Crippen molar-refractivity contribution in [2.45, 2.75) is 57.8 Å². The van der Waals surface area contributed by atoms with Crippen molar-refractivity contribution in [2.24, 2.45) is 0 Å². The van der Waals surface area contributed by atoms with Crippen molar-refractivity contribution in [3.05, 3.63) is 65.5 Å². The van der Waals surface area contributed by atoms with E-state index in [1.54, 1.807) is 0 Å². The lowest BCUT2D eigenvalue weighted by Crippen LogP contribution is -2.43. The molecule has 1 heterocycles. The summed E-state index contributed by atoms with van der Waals surface area (Å²) in [4.78, 5) is 23.9. The summed E-state index contributed by atoms with van der Waals surface area (Å²) in [7, 11) is -0.496. The van der Waals surface area contributed by atoms with Crippen molar-refractivity contribution in [2.75, 3.05) is 0 Å². The summed E-state index contributed by atoms with van der Waals surface area (Å²) in [5.41, 5.74) is 1.32. The number of halogens is 1. The fourth-order valence-electron chi connectivity index (χ4n) is 3.26. The van der Waals surface area contributed by atoms with Gasteiger partial charge < -0.3 is 19.7 Å². The van der Waals surface area contributed by atoms with Gasteiger partial charge in [-0.2, -0.15) is 0 Å². The zero-order valence-corrected chi connectivity index (χ0v) is 18.1. The van der Waals surface area contributed by atoms with Gasteiger partial charge in [0.05, 0.1) is 17.6 Å². The molecule has 0 bridgehead atoms. The molecule has 2 N–H and O–H groups in total. The molecule has 1 fully saturated rings. The normalized spacial score (nSPS) is 17.9. The highest BCUT2D eigenvalue weighted by atomic mass is 19.1. The molecule has 2 aromatic rings. The van der Waals surface area contributed by atoms with Gasteiger partial charge in [0.1, 0.15) is 11.9 Å². The number of hydrogen-bond donors (Lipinski definition) is 2. The Morgan fingerprint density at radius 1 is 0.968 bits per heavy atom. The van der Waals surface area contributed by atoms with E-state index in [1.807, 2.05) is 52.0 Å². The van der Waals surface area contributed by atoms with Crippen molar-refractivity contribution < 1.29 is 28.4 Å². The fraction of sp³-hybridized carbons (Fsp3) is 0.391. The number of benzene rings is 2. The zero-order valence-electron chi connectivity index (χ0n) is 18.1. The summed E-state index contributed by atoms with van der Waals surface area (Å²) >= 11 is 0. The van der Waals surface area contributed by atoms with Crippen LogP contribution >= 0.6 is 0 Å². The standard InChI is InChI=1S/C23H27BFNO5/c1-22(2)23(3,4)31-24(30-22)17-9-5-15(6-10-17)13-19(21(28)29)26-20(27)14-16-7-11-18(25)12-8-16/h5-12,19H,13-14H2,1-4H3,(H,26,27)(H,28,29)/t19-/m1/s1. The minimum atomic E-state index is -1.12. The predicted octanol–water partition coefficient (Wildman–Crippen LogP) is 2.48. The molecule has 0 unspecified atom stereocenters. The second-order valence-corrected chi connectivity index (χ2v) is 8.80. The maximum absolute atomic E-state index is 13.0. The van der Waals surface area contributed by atoms with Crippen LogP contribution in [0.25, 0.3) is 0 Å². The van der Waals surface area contributed by atoms with Crippen LogP contribution in [-0.4, -0.2) is 41.3 Å². The average Bonchev–Trinajstić information content (AvgIpc) is 2.91. The number of aliphatic carboxylic acids is 1. The second-order valence-electron chi connectivity index (χ2n) is 8.80. The predicted molar refractivity (Wildman–Crippen MR) is 116 cm³/mol. The summed E-state index contributed by atoms with van der Waals surface area (Å²) in [5.74, 6) is -1.95. The zero-order chi connectivity index (χ0) is 22.8. The first-order valence-corrected chi connectivity index (χ1v) is 10.2. The third kappa shape index (κ3) is 5.51. The van der Waals surface area contributed by atoms with E-state index in [-0.39, 0.29) is 12.8 Å². The van der Waals surface area contributed by atoms with Crippen LogP contribution in [0.1, 0.15) is 38.8 Å². The minimum absolute atomic E-state index is 0.0229. The van der Waals surface area contributed by atoms with Gasteiger partial charge in [0.15, 0.2) is 0 Å². The summed E-state index contributed by atoms with van der Waals surface area (Å²) in [6, 6.07) is 11.8. The van der Waals surface area contributed by atoms with Gasteiger partial charge in [0, 0.05) is 6.42 Å². The molecule has 1 atom stereocenters. The van der Waals surface area contributed by atoms with E-state index >= 15 is 0 Å². The number of carboxylic acid groups (broad SMARTS) is 1. The lowest BCUT2D eigenvalue weighted by molar-refractivity contribution is -0.141. The molecule has 31 heavy (non-hydrogen) atoms. The molecule has 8 heteroatoms. The highest BCUT2D eigenvalue weighted by Crippen LogP contribution is 2.36. The Labute approximate surface area is 181 Å². The molecule has 6 nitrogen and oxygen atoms in total. The Hall–Kier alpha value is -2.71. The minimum Gasteiger partial charge on any atom is -0.480 e. The maximum Gasteiger partial charge on any atom is 0.494 e. The topological polar surface area (TPSA) is 84.9 Å². The third-order valence-electron chi connectivity index (χ3n) is 5.86. The Morgan fingerprint density at radius 2 is 1.48 bits per heavy atom. The van der Waals surface area contributed by atoms with Gasteiger partial charge in [-0.25, -0.2) is 9.18 Å². The molecule has 164 valence electrons. The highest BCUT2D eigenvalue weighted by molar-refractivity contribution is 6.62. The molecule has 1 saturated heterocycles. The number of rotatable bonds is 7. The second kappa shape index (κ2) is 8.81. The lowest BCUT2D eigenvalue weighted by Gasteiger charge is -2.32. The van der Waals surface area contributed by atoms with Crippen molar-refractivity contribution in [1.29, 1.82) is 0 Å². The first-order chi connectivity index (χ1) is 14.5. The first-order valence-electron chi connectivity index (χ1n) is 10.2. The summed E-state index contributed by atoms with van der Waals surface area (Å²) < 4.78 is 25.0. The summed E-state index contributed by atoms with van der Waals surface area (Å²) in [6.07, 6.45) is 0.110. The number of carbonyl (C=O) groups is 2. The van der Waals surface area contributed by atoms with E-state index in [2.05, 4.69) is 5.32 Å². The van der Waals surface area contributed by atoms with Gasteiger partial charge in [0.2, 0.25) is 5.91 Å². The largest absolute Gasteiger partial charge is 0.494 e. The van der Waals surface area contributed by atoms with Crippen LogP contribution in [0.2, 0.25) is 0 Å². The lowest BCUT2D eigenvalue weighted by atomic mass is 9.78. The van der Waals surface area contributed by atoms with Crippen molar-refractivity contribution in [3.8, 4) is 0 Å². The van der Waals surface area contributed by atoms with E-state index in [1.165, 1.54) is 24.3 Å². The maximum atomic E-state index is 13.0. The number of carboxylic acids is 1. The van der Waals surface area contributed by atoms with E-state index < -0.39 is 42.1 Å². The summed E-state index contributed by atoms with van der Waals surface area (Å²) in [6.45, 7) is 7.92. The molecule has 1 aliphatic heterocycles. The molecule has 0 spiro atoms. The Kier molecular flexibility index (Phi) is 6.52. The Morgan fingerprint density at radius 3 is 2.00 bits per heavy atom. The number of hydrogen-bond acceptors (Lipinski definition) is 4. The SMILES string of the molecule is CC1(C)OB(c2ccc(C[C@@H](NC(=O)Cc3ccc(F)cc3)C(=O)O)cc2)OC1(C)C.